The first-order valence-electron chi connectivity index (χ1n) is 12.2. The zero-order valence-corrected chi connectivity index (χ0v) is 22.1. The molecule has 38 heavy (non-hydrogen) atoms. The number of hydrogen-bond acceptors (Lipinski definition) is 7. The molecule has 12 nitrogen and oxygen atoms in total. The zero-order valence-electron chi connectivity index (χ0n) is 20.6. The molecular weight excluding hydrogens is 541 g/mol. The molecule has 2 aliphatic rings. The predicted molar refractivity (Wildman–Crippen MR) is 137 cm³/mol. The van der Waals surface area contributed by atoms with Crippen LogP contribution in [0.25, 0.3) is 0 Å². The zero-order chi connectivity index (χ0) is 28.0. The van der Waals surface area contributed by atoms with Crippen molar-refractivity contribution < 1.29 is 34.2 Å². The highest BCUT2D eigenvalue weighted by atomic mass is 35.5. The Balaban J connectivity index is 2.00. The van der Waals surface area contributed by atoms with Crippen LogP contribution >= 0.6 is 23.2 Å². The number of nitrogens with one attached hydrogen (secondary N) is 4. The Kier molecular flexibility index (Phi) is 10.3. The van der Waals surface area contributed by atoms with Crippen LogP contribution in [0.1, 0.15) is 31.4 Å². The van der Waals surface area contributed by atoms with Crippen LogP contribution in [0.15, 0.2) is 30.3 Å². The third-order valence-corrected chi connectivity index (χ3v) is 7.57. The average Bonchev–Trinajstić information content (AvgIpc) is 3.21. The van der Waals surface area contributed by atoms with Crippen LogP contribution in [0.3, 0.4) is 0 Å². The van der Waals surface area contributed by atoms with Crippen LogP contribution in [0.2, 0.25) is 0 Å². The maximum Gasteiger partial charge on any atom is 0.248 e. The largest absolute Gasteiger partial charge is 0.394 e. The third kappa shape index (κ3) is 6.73. The van der Waals surface area contributed by atoms with E-state index in [4.69, 9.17) is 23.2 Å². The molecular formula is C24H31Cl2N5O7. The number of carbonyl (C=O) groups excluding carboxylic acids is 5. The van der Waals surface area contributed by atoms with Gasteiger partial charge in [0.1, 0.15) is 24.2 Å². The molecule has 0 saturated carbocycles. The molecule has 5 amide bonds. The molecule has 0 aliphatic carbocycles. The molecule has 3 rings (SSSR count). The predicted octanol–water partition coefficient (Wildman–Crippen LogP) is -1.48. The molecule has 2 heterocycles. The SMILES string of the molecule is CC[C@H]1NC(=O)[C@@H]2[C@H](Cl)[C@H](Cl)CN2C(=O)[C@H](CO)NC(=O)C[C@H](c2ccccc2)NC(=O)[C@H](CO)NC1=O. The van der Waals surface area contributed by atoms with Gasteiger partial charge in [0, 0.05) is 6.54 Å². The topological polar surface area (TPSA) is 177 Å². The summed E-state index contributed by atoms with van der Waals surface area (Å²) < 4.78 is 0. The summed E-state index contributed by atoms with van der Waals surface area (Å²) in [6.07, 6.45) is -0.208. The van der Waals surface area contributed by atoms with Gasteiger partial charge in [0.25, 0.3) is 0 Å². The van der Waals surface area contributed by atoms with Crippen molar-refractivity contribution in [3.8, 4) is 0 Å². The van der Waals surface area contributed by atoms with Gasteiger partial charge in [-0.05, 0) is 12.0 Å². The molecule has 0 unspecified atom stereocenters. The van der Waals surface area contributed by atoms with Crippen LogP contribution in [0.4, 0.5) is 0 Å². The third-order valence-electron chi connectivity index (χ3n) is 6.49. The lowest BCUT2D eigenvalue weighted by Crippen LogP contribution is -2.60. The molecule has 208 valence electrons. The number of benzene rings is 1. The molecule has 0 spiro atoms. The number of halogens is 2. The van der Waals surface area contributed by atoms with Crippen molar-refractivity contribution >= 4 is 52.7 Å². The van der Waals surface area contributed by atoms with Gasteiger partial charge >= 0.3 is 0 Å². The number of fused-ring (bicyclic) bond motifs is 1. The second-order valence-electron chi connectivity index (χ2n) is 9.09. The van der Waals surface area contributed by atoms with Crippen molar-refractivity contribution in [1.82, 2.24) is 26.2 Å². The van der Waals surface area contributed by atoms with E-state index in [1.807, 2.05) is 0 Å². The first-order chi connectivity index (χ1) is 18.1. The van der Waals surface area contributed by atoms with Crippen LogP contribution in [0.5, 0.6) is 0 Å². The first-order valence-corrected chi connectivity index (χ1v) is 13.0. The van der Waals surface area contributed by atoms with Crippen molar-refractivity contribution in [2.24, 2.45) is 0 Å². The Hall–Kier alpha value is -2.93. The smallest absolute Gasteiger partial charge is 0.248 e. The van der Waals surface area contributed by atoms with E-state index in [1.165, 1.54) is 0 Å². The minimum Gasteiger partial charge on any atom is -0.394 e. The number of amides is 5. The monoisotopic (exact) mass is 571 g/mol. The van der Waals surface area contributed by atoms with Gasteiger partial charge in [-0.15, -0.1) is 23.2 Å². The second-order valence-corrected chi connectivity index (χ2v) is 10.2. The highest BCUT2D eigenvalue weighted by molar-refractivity contribution is 6.32. The van der Waals surface area contributed by atoms with Crippen molar-refractivity contribution in [2.45, 2.75) is 60.7 Å². The quantitative estimate of drug-likeness (QED) is 0.239. The fourth-order valence-electron chi connectivity index (χ4n) is 4.40. The maximum atomic E-state index is 13.3. The van der Waals surface area contributed by atoms with Crippen LogP contribution in [0, 0.1) is 0 Å². The molecule has 2 saturated heterocycles. The van der Waals surface area contributed by atoms with Gasteiger partial charge in [0.05, 0.1) is 36.4 Å². The van der Waals surface area contributed by atoms with E-state index >= 15 is 0 Å². The van der Waals surface area contributed by atoms with E-state index in [0.29, 0.717) is 5.56 Å². The van der Waals surface area contributed by atoms with Gasteiger partial charge in [-0.25, -0.2) is 0 Å². The van der Waals surface area contributed by atoms with E-state index in [9.17, 15) is 34.2 Å². The van der Waals surface area contributed by atoms with Gasteiger partial charge in [-0.1, -0.05) is 37.3 Å². The summed E-state index contributed by atoms with van der Waals surface area (Å²) in [7, 11) is 0. The van der Waals surface area contributed by atoms with Crippen molar-refractivity contribution in [2.75, 3.05) is 19.8 Å². The van der Waals surface area contributed by atoms with E-state index in [-0.39, 0.29) is 19.4 Å². The fraction of sp³-hybridized carbons (Fsp3) is 0.542. The molecule has 2 aliphatic heterocycles. The maximum absolute atomic E-state index is 13.3. The first kappa shape index (κ1) is 29.6. The van der Waals surface area contributed by atoms with Crippen molar-refractivity contribution in [1.29, 1.82) is 0 Å². The number of aliphatic hydroxyl groups excluding tert-OH is 2. The molecule has 0 radical (unpaired) electrons. The minimum absolute atomic E-state index is 0.122. The fourth-order valence-corrected chi connectivity index (χ4v) is 5.01. The number of nitrogens with zero attached hydrogens (tertiary/aromatic N) is 1. The van der Waals surface area contributed by atoms with E-state index in [2.05, 4.69) is 21.3 Å². The molecule has 0 aromatic heterocycles. The Morgan fingerprint density at radius 1 is 0.842 bits per heavy atom. The summed E-state index contributed by atoms with van der Waals surface area (Å²) in [5, 5.41) is 27.9. The summed E-state index contributed by atoms with van der Waals surface area (Å²) in [6, 6.07) is 2.42. The van der Waals surface area contributed by atoms with Gasteiger partial charge in [0.15, 0.2) is 0 Å². The Morgan fingerprint density at radius 3 is 2.05 bits per heavy atom. The van der Waals surface area contributed by atoms with Gasteiger partial charge in [0.2, 0.25) is 29.5 Å². The molecule has 6 N–H and O–H groups in total. The number of aliphatic hydroxyl groups is 2. The summed E-state index contributed by atoms with van der Waals surface area (Å²) in [4.78, 5) is 66.5. The highest BCUT2D eigenvalue weighted by Crippen LogP contribution is 2.29. The molecule has 2 fully saturated rings. The lowest BCUT2D eigenvalue weighted by molar-refractivity contribution is -0.143. The summed E-state index contributed by atoms with van der Waals surface area (Å²) >= 11 is 12.6. The van der Waals surface area contributed by atoms with Gasteiger partial charge < -0.3 is 36.4 Å². The van der Waals surface area contributed by atoms with Gasteiger partial charge in [-0.3, -0.25) is 24.0 Å². The molecule has 1 aromatic rings. The Morgan fingerprint density at radius 2 is 1.45 bits per heavy atom. The number of alkyl halides is 2. The van der Waals surface area contributed by atoms with E-state index < -0.39 is 83.7 Å². The summed E-state index contributed by atoms with van der Waals surface area (Å²) in [6.45, 7) is -0.0217. The molecule has 14 heteroatoms. The normalized spacial score (nSPS) is 31.7. The van der Waals surface area contributed by atoms with Crippen molar-refractivity contribution in [3.05, 3.63) is 35.9 Å². The summed E-state index contributed by atoms with van der Waals surface area (Å²) in [5.74, 6) is -3.74. The minimum atomic E-state index is -1.42. The standard InChI is InChI=1S/C24H31Cl2N5O7/c1-2-14-21(35)30-16(10-32)22(36)29-15(12-6-4-3-5-7-12)8-18(34)27-17(11-33)24(38)31-9-13(25)19(26)20(31)23(37)28-14/h3-7,13-17,19-20,32-33H,2,8-11H2,1H3,(H,27,34)(H,28,37)(H,29,36)(H,30,35)/t13-,14-,15-,16+,17+,19-,20+/m1/s1. The number of rotatable bonds is 4. The Bertz CT molecular complexity index is 1050. The molecule has 0 bridgehead atoms. The van der Waals surface area contributed by atoms with Crippen molar-refractivity contribution in [3.63, 3.8) is 0 Å². The lowest BCUT2D eigenvalue weighted by atomic mass is 10.0. The molecule has 7 atom stereocenters. The molecule has 1 aromatic carbocycles. The number of hydrogen-bond donors (Lipinski definition) is 6. The van der Waals surface area contributed by atoms with E-state index in [1.54, 1.807) is 37.3 Å². The van der Waals surface area contributed by atoms with Crippen LogP contribution < -0.4 is 21.3 Å². The average molecular weight is 572 g/mol. The van der Waals surface area contributed by atoms with E-state index in [0.717, 1.165) is 4.90 Å². The lowest BCUT2D eigenvalue weighted by Gasteiger charge is -2.31. The summed E-state index contributed by atoms with van der Waals surface area (Å²) in [5.41, 5.74) is 0.556. The van der Waals surface area contributed by atoms with Gasteiger partial charge in [-0.2, -0.15) is 0 Å². The Labute approximate surface area is 229 Å². The van der Waals surface area contributed by atoms with Crippen LogP contribution in [-0.4, -0.2) is 99.3 Å². The number of carbonyl (C=O) groups is 5. The highest BCUT2D eigenvalue weighted by Gasteiger charge is 2.48. The van der Waals surface area contributed by atoms with Crippen LogP contribution in [-0.2, 0) is 24.0 Å². The second kappa shape index (κ2) is 13.2.